The minimum Gasteiger partial charge on any atom is -0.464 e. The molecular weight excluding hydrogens is 403 g/mol. The van der Waals surface area contributed by atoms with Crippen LogP contribution < -0.4 is 0 Å². The Bertz CT molecular complexity index is 626. The summed E-state index contributed by atoms with van der Waals surface area (Å²) in [5, 5.41) is 0. The first kappa shape index (κ1) is 23.3. The molecule has 6 nitrogen and oxygen atoms in total. The highest BCUT2D eigenvalue weighted by Gasteiger charge is 2.65. The first-order chi connectivity index (χ1) is 13.5. The number of unbranched alkanes of at least 4 members (excludes halogenated alkanes) is 2. The maximum absolute atomic E-state index is 13.5. The predicted molar refractivity (Wildman–Crippen MR) is 91.0 cm³/mol. The van der Waals surface area contributed by atoms with Gasteiger partial charge in [-0.2, -0.15) is 22.0 Å². The van der Waals surface area contributed by atoms with Crippen LogP contribution >= 0.6 is 0 Å². The van der Waals surface area contributed by atoms with Gasteiger partial charge in [-0.25, -0.2) is 4.79 Å². The molecule has 2 atom stereocenters. The third-order valence-electron chi connectivity index (χ3n) is 5.22. The highest BCUT2D eigenvalue weighted by Crippen LogP contribution is 2.39. The van der Waals surface area contributed by atoms with Crippen LogP contribution in [0.3, 0.4) is 0 Å². The summed E-state index contributed by atoms with van der Waals surface area (Å²) >= 11 is 0. The number of amides is 2. The summed E-state index contributed by atoms with van der Waals surface area (Å²) in [7, 11) is 0. The maximum Gasteiger partial charge on any atom is 0.463 e. The Morgan fingerprint density at radius 2 is 1.52 bits per heavy atom. The monoisotopic (exact) mass is 428 g/mol. The topological polar surface area (TPSA) is 66.9 Å². The van der Waals surface area contributed by atoms with Crippen LogP contribution in [0.4, 0.5) is 22.0 Å². The fraction of sp³-hybridized carbons (Fsp3) is 0.833. The van der Waals surface area contributed by atoms with Crippen molar-refractivity contribution in [3.05, 3.63) is 0 Å². The summed E-state index contributed by atoms with van der Waals surface area (Å²) in [5.41, 5.74) is 0. The largest absolute Gasteiger partial charge is 0.464 e. The van der Waals surface area contributed by atoms with E-state index in [0.717, 1.165) is 17.7 Å². The van der Waals surface area contributed by atoms with Gasteiger partial charge in [-0.05, 0) is 32.1 Å². The van der Waals surface area contributed by atoms with Gasteiger partial charge in [-0.3, -0.25) is 9.59 Å². The molecule has 29 heavy (non-hydrogen) atoms. The van der Waals surface area contributed by atoms with Gasteiger partial charge in [-0.1, -0.05) is 19.8 Å². The number of hydrogen-bond donors (Lipinski definition) is 0. The molecular formula is C18H25F5N2O4. The van der Waals surface area contributed by atoms with E-state index in [0.29, 0.717) is 19.3 Å². The number of alkyl halides is 5. The van der Waals surface area contributed by atoms with E-state index in [4.69, 9.17) is 4.74 Å². The van der Waals surface area contributed by atoms with Crippen molar-refractivity contribution in [2.24, 2.45) is 0 Å². The quantitative estimate of drug-likeness (QED) is 0.355. The molecule has 0 spiro atoms. The molecule has 2 heterocycles. The van der Waals surface area contributed by atoms with E-state index in [1.807, 2.05) is 6.92 Å². The lowest BCUT2D eigenvalue weighted by Crippen LogP contribution is -2.57. The van der Waals surface area contributed by atoms with Crippen LogP contribution in [-0.4, -0.2) is 71.5 Å². The second kappa shape index (κ2) is 9.25. The number of likely N-dealkylation sites (tertiary alicyclic amines) is 2. The van der Waals surface area contributed by atoms with Gasteiger partial charge in [-0.15, -0.1) is 0 Å². The zero-order valence-electron chi connectivity index (χ0n) is 16.1. The standard InChI is InChI=1S/C18H25F5N2O4/c1-2-3-4-11-29-15(27)13-8-6-9-24(13)14(26)12-7-5-10-25(12)16(28)17(19,20)18(21,22)23/h12-13H,2-11H2,1H3. The number of hydrogen-bond acceptors (Lipinski definition) is 4. The van der Waals surface area contributed by atoms with E-state index in [2.05, 4.69) is 0 Å². The Morgan fingerprint density at radius 3 is 2.10 bits per heavy atom. The number of nitrogens with zero attached hydrogens (tertiary/aromatic N) is 2. The number of halogens is 5. The predicted octanol–water partition coefficient (Wildman–Crippen LogP) is 2.90. The van der Waals surface area contributed by atoms with E-state index < -0.39 is 42.0 Å². The Morgan fingerprint density at radius 1 is 0.931 bits per heavy atom. The summed E-state index contributed by atoms with van der Waals surface area (Å²) in [6.07, 6.45) is -2.70. The highest BCUT2D eigenvalue weighted by atomic mass is 19.4. The molecule has 0 N–H and O–H groups in total. The van der Waals surface area contributed by atoms with Crippen molar-refractivity contribution in [2.75, 3.05) is 19.7 Å². The smallest absolute Gasteiger partial charge is 0.463 e. The minimum atomic E-state index is -6.04. The van der Waals surface area contributed by atoms with Crippen LogP contribution in [0.5, 0.6) is 0 Å². The van der Waals surface area contributed by atoms with Crippen molar-refractivity contribution in [3.8, 4) is 0 Å². The lowest BCUT2D eigenvalue weighted by atomic mass is 10.1. The number of carbonyl (C=O) groups is 3. The molecule has 0 aromatic heterocycles. The summed E-state index contributed by atoms with van der Waals surface area (Å²) in [5.74, 6) is -9.41. The Kier molecular flexibility index (Phi) is 7.45. The molecule has 2 unspecified atom stereocenters. The fourth-order valence-electron chi connectivity index (χ4n) is 3.66. The third-order valence-corrected chi connectivity index (χ3v) is 5.22. The molecule has 11 heteroatoms. The SMILES string of the molecule is CCCCCOC(=O)C1CCCN1C(=O)C1CCCN1C(=O)C(F)(F)C(F)(F)F. The van der Waals surface area contributed by atoms with E-state index in [-0.39, 0.29) is 37.4 Å². The van der Waals surface area contributed by atoms with Crippen LogP contribution in [0, 0.1) is 0 Å². The lowest BCUT2D eigenvalue weighted by Gasteiger charge is -2.32. The van der Waals surface area contributed by atoms with Gasteiger partial charge in [0, 0.05) is 13.1 Å². The summed E-state index contributed by atoms with van der Waals surface area (Å²) < 4.78 is 69.8. The van der Waals surface area contributed by atoms with Crippen molar-refractivity contribution < 1.29 is 41.1 Å². The molecule has 2 aliphatic heterocycles. The molecule has 0 bridgehead atoms. The van der Waals surface area contributed by atoms with Gasteiger partial charge in [0.2, 0.25) is 5.91 Å². The third kappa shape index (κ3) is 4.98. The number of ether oxygens (including phenoxy) is 1. The average Bonchev–Trinajstić information content (AvgIpc) is 3.32. The molecule has 0 aliphatic carbocycles. The van der Waals surface area contributed by atoms with E-state index in [9.17, 15) is 36.3 Å². The zero-order valence-corrected chi connectivity index (χ0v) is 16.1. The maximum atomic E-state index is 13.5. The molecule has 0 saturated carbocycles. The second-order valence-corrected chi connectivity index (χ2v) is 7.29. The van der Waals surface area contributed by atoms with E-state index >= 15 is 0 Å². The van der Waals surface area contributed by atoms with Crippen LogP contribution in [-0.2, 0) is 19.1 Å². The number of rotatable bonds is 7. The molecule has 0 aromatic rings. The number of esters is 1. The number of carbonyl (C=O) groups excluding carboxylic acids is 3. The van der Waals surface area contributed by atoms with Crippen LogP contribution in [0.25, 0.3) is 0 Å². The van der Waals surface area contributed by atoms with Crippen LogP contribution in [0.2, 0.25) is 0 Å². The molecule has 2 fully saturated rings. The highest BCUT2D eigenvalue weighted by molar-refractivity contribution is 5.93. The van der Waals surface area contributed by atoms with E-state index in [1.54, 1.807) is 0 Å². The van der Waals surface area contributed by atoms with Crippen LogP contribution in [0.15, 0.2) is 0 Å². The Labute approximate surface area is 165 Å². The first-order valence-electron chi connectivity index (χ1n) is 9.75. The van der Waals surface area contributed by atoms with Crippen molar-refractivity contribution in [3.63, 3.8) is 0 Å². The van der Waals surface area contributed by atoms with Gasteiger partial charge in [0.15, 0.2) is 0 Å². The van der Waals surface area contributed by atoms with Gasteiger partial charge in [0.05, 0.1) is 6.61 Å². The normalized spacial score (nSPS) is 22.8. The molecule has 0 radical (unpaired) electrons. The second-order valence-electron chi connectivity index (χ2n) is 7.29. The average molecular weight is 428 g/mol. The van der Waals surface area contributed by atoms with Crippen molar-refractivity contribution in [2.45, 2.75) is 76.1 Å². The molecule has 2 rings (SSSR count). The summed E-state index contributed by atoms with van der Waals surface area (Å²) in [6.45, 7) is 1.95. The summed E-state index contributed by atoms with van der Waals surface area (Å²) in [6, 6.07) is -2.35. The first-order valence-corrected chi connectivity index (χ1v) is 9.75. The molecule has 166 valence electrons. The summed E-state index contributed by atoms with van der Waals surface area (Å²) in [4.78, 5) is 38.4. The Hall–Kier alpha value is -1.94. The van der Waals surface area contributed by atoms with Crippen molar-refractivity contribution in [1.82, 2.24) is 9.80 Å². The van der Waals surface area contributed by atoms with Gasteiger partial charge < -0.3 is 14.5 Å². The molecule has 2 amide bonds. The van der Waals surface area contributed by atoms with E-state index in [1.165, 1.54) is 0 Å². The lowest BCUT2D eigenvalue weighted by molar-refractivity contribution is -0.274. The van der Waals surface area contributed by atoms with Gasteiger partial charge in [0.25, 0.3) is 0 Å². The molecule has 0 aromatic carbocycles. The van der Waals surface area contributed by atoms with Gasteiger partial charge in [0.1, 0.15) is 12.1 Å². The zero-order chi connectivity index (χ0) is 21.8. The van der Waals surface area contributed by atoms with Gasteiger partial charge >= 0.3 is 24.0 Å². The molecule has 2 aliphatic rings. The molecule has 2 saturated heterocycles. The van der Waals surface area contributed by atoms with Crippen molar-refractivity contribution >= 4 is 17.8 Å². The minimum absolute atomic E-state index is 0.0344. The van der Waals surface area contributed by atoms with Crippen molar-refractivity contribution in [1.29, 1.82) is 0 Å². The van der Waals surface area contributed by atoms with Crippen LogP contribution in [0.1, 0.15) is 51.9 Å². The fourth-order valence-corrected chi connectivity index (χ4v) is 3.66. The Balaban J connectivity index is 2.07.